The fraction of sp³-hybridized carbons (Fsp3) is 0.923. The van der Waals surface area contributed by atoms with E-state index in [4.69, 9.17) is 4.74 Å². The van der Waals surface area contributed by atoms with Gasteiger partial charge in [0.05, 0.1) is 6.10 Å². The number of amides is 1. The van der Waals surface area contributed by atoms with Crippen LogP contribution in [0.3, 0.4) is 0 Å². The maximum Gasteiger partial charge on any atom is 0.249 e. The highest BCUT2D eigenvalue weighted by Crippen LogP contribution is 2.23. The van der Waals surface area contributed by atoms with Crippen molar-refractivity contribution in [3.63, 3.8) is 0 Å². The first-order valence-corrected chi connectivity index (χ1v) is 6.96. The minimum atomic E-state index is -0.251. The first-order valence-electron chi connectivity index (χ1n) is 6.96. The third kappa shape index (κ3) is 3.68. The Morgan fingerprint density at radius 3 is 2.76 bits per heavy atom. The Morgan fingerprint density at radius 1 is 1.41 bits per heavy atom. The van der Waals surface area contributed by atoms with Crippen molar-refractivity contribution in [2.45, 2.75) is 63.7 Å². The fourth-order valence-electron chi connectivity index (χ4n) is 2.67. The Labute approximate surface area is 103 Å². The minimum absolute atomic E-state index is 0.0769. The highest BCUT2D eigenvalue weighted by Gasteiger charge is 2.26. The van der Waals surface area contributed by atoms with E-state index in [0.29, 0.717) is 12.1 Å². The molecule has 0 bridgehead atoms. The van der Waals surface area contributed by atoms with Crippen LogP contribution in [0.15, 0.2) is 0 Å². The van der Waals surface area contributed by atoms with Crippen LogP contribution in [-0.2, 0) is 9.53 Å². The number of ether oxygens (including phenoxy) is 1. The first kappa shape index (κ1) is 12.8. The molecule has 1 saturated heterocycles. The van der Waals surface area contributed by atoms with Crippen LogP contribution in [0, 0.1) is 0 Å². The molecule has 0 aromatic carbocycles. The summed E-state index contributed by atoms with van der Waals surface area (Å²) in [6.07, 6.45) is 6.59. The standard InChI is InChI=1S/C13H24N2O2/c1-2-12(17-11-5-3-4-6-11)13(16)15-10-7-8-14-9-10/h10-12,14H,2-9H2,1H3,(H,15,16). The summed E-state index contributed by atoms with van der Waals surface area (Å²) in [6.45, 7) is 3.92. The van der Waals surface area contributed by atoms with E-state index in [0.717, 1.165) is 38.8 Å². The Bertz CT molecular complexity index is 246. The van der Waals surface area contributed by atoms with Crippen LogP contribution < -0.4 is 10.6 Å². The number of hydrogen-bond acceptors (Lipinski definition) is 3. The van der Waals surface area contributed by atoms with Gasteiger partial charge in [-0.15, -0.1) is 0 Å². The summed E-state index contributed by atoms with van der Waals surface area (Å²) < 4.78 is 5.90. The monoisotopic (exact) mass is 240 g/mol. The van der Waals surface area contributed by atoms with Crippen LogP contribution >= 0.6 is 0 Å². The van der Waals surface area contributed by atoms with Gasteiger partial charge in [-0.25, -0.2) is 0 Å². The molecule has 1 aliphatic heterocycles. The van der Waals surface area contributed by atoms with Crippen LogP contribution in [0.4, 0.5) is 0 Å². The van der Waals surface area contributed by atoms with Crippen molar-refractivity contribution in [3.05, 3.63) is 0 Å². The van der Waals surface area contributed by atoms with Crippen molar-refractivity contribution in [2.75, 3.05) is 13.1 Å². The molecule has 2 atom stereocenters. The van der Waals surface area contributed by atoms with Gasteiger partial charge in [0.25, 0.3) is 0 Å². The van der Waals surface area contributed by atoms with E-state index in [1.54, 1.807) is 0 Å². The summed E-state index contributed by atoms with van der Waals surface area (Å²) in [5.41, 5.74) is 0. The van der Waals surface area contributed by atoms with E-state index in [1.165, 1.54) is 12.8 Å². The molecule has 4 nitrogen and oxygen atoms in total. The molecule has 0 spiro atoms. The summed E-state index contributed by atoms with van der Waals surface area (Å²) in [5.74, 6) is 0.0769. The molecule has 98 valence electrons. The number of rotatable bonds is 5. The average molecular weight is 240 g/mol. The Morgan fingerprint density at radius 2 is 2.18 bits per heavy atom. The van der Waals surface area contributed by atoms with Crippen molar-refractivity contribution >= 4 is 5.91 Å². The molecule has 0 aromatic rings. The fourth-order valence-corrected chi connectivity index (χ4v) is 2.67. The van der Waals surface area contributed by atoms with E-state index in [-0.39, 0.29) is 12.0 Å². The lowest BCUT2D eigenvalue weighted by Gasteiger charge is -2.22. The zero-order valence-electron chi connectivity index (χ0n) is 10.7. The molecule has 1 saturated carbocycles. The smallest absolute Gasteiger partial charge is 0.249 e. The summed E-state index contributed by atoms with van der Waals surface area (Å²) in [5, 5.41) is 6.33. The zero-order chi connectivity index (χ0) is 12.1. The molecule has 2 aliphatic rings. The van der Waals surface area contributed by atoms with Crippen molar-refractivity contribution in [1.82, 2.24) is 10.6 Å². The first-order chi connectivity index (χ1) is 8.29. The second-order valence-corrected chi connectivity index (χ2v) is 5.14. The maximum absolute atomic E-state index is 12.1. The number of carbonyl (C=O) groups is 1. The maximum atomic E-state index is 12.1. The van der Waals surface area contributed by atoms with Crippen molar-refractivity contribution < 1.29 is 9.53 Å². The molecule has 17 heavy (non-hydrogen) atoms. The number of nitrogens with one attached hydrogen (secondary N) is 2. The highest BCUT2D eigenvalue weighted by atomic mass is 16.5. The van der Waals surface area contributed by atoms with Crippen LogP contribution in [-0.4, -0.2) is 37.2 Å². The van der Waals surface area contributed by atoms with Crippen LogP contribution in [0.2, 0.25) is 0 Å². The lowest BCUT2D eigenvalue weighted by Crippen LogP contribution is -2.44. The van der Waals surface area contributed by atoms with Gasteiger partial charge in [0.1, 0.15) is 6.10 Å². The van der Waals surface area contributed by atoms with Gasteiger partial charge in [-0.1, -0.05) is 19.8 Å². The zero-order valence-corrected chi connectivity index (χ0v) is 10.7. The van der Waals surface area contributed by atoms with Gasteiger partial charge in [-0.05, 0) is 32.2 Å². The lowest BCUT2D eigenvalue weighted by molar-refractivity contribution is -0.137. The molecule has 0 aromatic heterocycles. The summed E-state index contributed by atoms with van der Waals surface area (Å²) in [6, 6.07) is 0.295. The SMILES string of the molecule is CCC(OC1CCCC1)C(=O)NC1CCNC1. The van der Waals surface area contributed by atoms with Crippen molar-refractivity contribution in [3.8, 4) is 0 Å². The normalized spacial score (nSPS) is 27.2. The van der Waals surface area contributed by atoms with E-state index < -0.39 is 0 Å². The average Bonchev–Trinajstić information content (AvgIpc) is 2.97. The number of hydrogen-bond donors (Lipinski definition) is 2. The highest BCUT2D eigenvalue weighted by molar-refractivity contribution is 5.81. The third-order valence-electron chi connectivity index (χ3n) is 3.73. The predicted octanol–water partition coefficient (Wildman–Crippen LogP) is 1.20. The molecular weight excluding hydrogens is 216 g/mol. The topological polar surface area (TPSA) is 50.4 Å². The number of carbonyl (C=O) groups excluding carboxylic acids is 1. The summed E-state index contributed by atoms with van der Waals surface area (Å²) in [4.78, 5) is 12.1. The second kappa shape index (κ2) is 6.36. The molecular formula is C13H24N2O2. The molecule has 2 N–H and O–H groups in total. The van der Waals surface area contributed by atoms with Gasteiger partial charge in [-0.2, -0.15) is 0 Å². The predicted molar refractivity (Wildman–Crippen MR) is 66.8 cm³/mol. The van der Waals surface area contributed by atoms with Crippen LogP contribution in [0.5, 0.6) is 0 Å². The van der Waals surface area contributed by atoms with E-state index in [1.807, 2.05) is 6.92 Å². The quantitative estimate of drug-likeness (QED) is 0.759. The van der Waals surface area contributed by atoms with Gasteiger partial charge >= 0.3 is 0 Å². The second-order valence-electron chi connectivity index (χ2n) is 5.14. The van der Waals surface area contributed by atoms with Gasteiger partial charge in [0.2, 0.25) is 5.91 Å². The van der Waals surface area contributed by atoms with Crippen LogP contribution in [0.1, 0.15) is 45.4 Å². The molecule has 1 heterocycles. The van der Waals surface area contributed by atoms with Gasteiger partial charge in [-0.3, -0.25) is 4.79 Å². The Kier molecular flexibility index (Phi) is 4.80. The van der Waals surface area contributed by atoms with Crippen molar-refractivity contribution in [2.24, 2.45) is 0 Å². The molecule has 2 rings (SSSR count). The third-order valence-corrected chi connectivity index (χ3v) is 3.73. The van der Waals surface area contributed by atoms with Crippen LogP contribution in [0.25, 0.3) is 0 Å². The molecule has 1 aliphatic carbocycles. The lowest BCUT2D eigenvalue weighted by atomic mass is 10.2. The molecule has 0 radical (unpaired) electrons. The van der Waals surface area contributed by atoms with E-state index in [2.05, 4.69) is 10.6 Å². The Balaban J connectivity index is 1.77. The molecule has 1 amide bonds. The van der Waals surface area contributed by atoms with E-state index in [9.17, 15) is 4.79 Å². The minimum Gasteiger partial charge on any atom is -0.365 e. The molecule has 2 unspecified atom stereocenters. The largest absolute Gasteiger partial charge is 0.365 e. The van der Waals surface area contributed by atoms with Crippen molar-refractivity contribution in [1.29, 1.82) is 0 Å². The summed E-state index contributed by atoms with van der Waals surface area (Å²) >= 11 is 0. The van der Waals surface area contributed by atoms with Gasteiger partial charge < -0.3 is 15.4 Å². The molecule has 2 fully saturated rings. The van der Waals surface area contributed by atoms with Gasteiger partial charge in [0.15, 0.2) is 0 Å². The van der Waals surface area contributed by atoms with E-state index >= 15 is 0 Å². The summed E-state index contributed by atoms with van der Waals surface area (Å²) in [7, 11) is 0. The Hall–Kier alpha value is -0.610. The molecule has 4 heteroatoms. The van der Waals surface area contributed by atoms with Gasteiger partial charge in [0, 0.05) is 12.6 Å².